The zero-order chi connectivity index (χ0) is 18.4. The summed E-state index contributed by atoms with van der Waals surface area (Å²) in [4.78, 5) is 12.5. The summed E-state index contributed by atoms with van der Waals surface area (Å²) < 4.78 is 1.87. The molecule has 0 saturated heterocycles. The Morgan fingerprint density at radius 1 is 1.28 bits per heavy atom. The van der Waals surface area contributed by atoms with Crippen LogP contribution in [-0.2, 0) is 37.5 Å². The van der Waals surface area contributed by atoms with Gasteiger partial charge in [-0.15, -0.1) is 0 Å². The van der Waals surface area contributed by atoms with Gasteiger partial charge in [-0.25, -0.2) is 0 Å². The lowest BCUT2D eigenvalue weighted by Crippen LogP contribution is -2.40. The van der Waals surface area contributed by atoms with Crippen molar-refractivity contribution in [2.24, 2.45) is 7.05 Å². The third-order valence-electron chi connectivity index (χ3n) is 4.68. The quantitative estimate of drug-likeness (QED) is 0.771. The highest BCUT2D eigenvalue weighted by Gasteiger charge is 2.19. The molecule has 0 fully saturated rings. The monoisotopic (exact) mass is 343 g/mol. The van der Waals surface area contributed by atoms with Gasteiger partial charge in [0.15, 0.2) is 0 Å². The Kier molecular flexibility index (Phi) is 6.76. The van der Waals surface area contributed by atoms with Crippen LogP contribution in [0.4, 0.5) is 0 Å². The van der Waals surface area contributed by atoms with Crippen LogP contribution >= 0.6 is 0 Å². The molecular formula is C20H29N3O2. The molecule has 1 heterocycles. The minimum absolute atomic E-state index is 0.0648. The van der Waals surface area contributed by atoms with E-state index in [0.717, 1.165) is 35.4 Å². The van der Waals surface area contributed by atoms with Crippen molar-refractivity contribution in [3.05, 3.63) is 52.3 Å². The molecule has 5 nitrogen and oxygen atoms in total. The van der Waals surface area contributed by atoms with Gasteiger partial charge in [-0.05, 0) is 37.3 Å². The predicted molar refractivity (Wildman–Crippen MR) is 99.6 cm³/mol. The molecule has 25 heavy (non-hydrogen) atoms. The summed E-state index contributed by atoms with van der Waals surface area (Å²) >= 11 is 0. The maximum atomic E-state index is 12.5. The fourth-order valence-electron chi connectivity index (χ4n) is 3.30. The van der Waals surface area contributed by atoms with Crippen molar-refractivity contribution in [2.45, 2.75) is 52.5 Å². The van der Waals surface area contributed by atoms with Crippen LogP contribution in [0.5, 0.6) is 0 Å². The minimum Gasteiger partial charge on any atom is -0.394 e. The van der Waals surface area contributed by atoms with Gasteiger partial charge in [0.05, 0.1) is 24.8 Å². The van der Waals surface area contributed by atoms with Gasteiger partial charge in [0.2, 0.25) is 5.91 Å². The Hall–Kier alpha value is -2.14. The number of carbonyl (C=O) groups excluding carboxylic acids is 1. The first-order valence-electron chi connectivity index (χ1n) is 8.98. The fourth-order valence-corrected chi connectivity index (χ4v) is 3.30. The van der Waals surface area contributed by atoms with E-state index < -0.39 is 0 Å². The van der Waals surface area contributed by atoms with Crippen molar-refractivity contribution in [3.8, 4) is 0 Å². The maximum absolute atomic E-state index is 12.5. The number of aromatic nitrogens is 2. The van der Waals surface area contributed by atoms with Crippen LogP contribution in [0, 0.1) is 6.92 Å². The lowest BCUT2D eigenvalue weighted by Gasteiger charge is -2.18. The Morgan fingerprint density at radius 3 is 2.60 bits per heavy atom. The van der Waals surface area contributed by atoms with Crippen LogP contribution in [0.1, 0.15) is 41.9 Å². The van der Waals surface area contributed by atoms with E-state index in [0.29, 0.717) is 12.8 Å². The molecule has 0 aliphatic carbocycles. The van der Waals surface area contributed by atoms with Crippen molar-refractivity contribution in [3.63, 3.8) is 0 Å². The van der Waals surface area contributed by atoms with Crippen molar-refractivity contribution in [1.82, 2.24) is 15.1 Å². The fraction of sp³-hybridized carbons (Fsp3) is 0.500. The highest BCUT2D eigenvalue weighted by molar-refractivity contribution is 5.79. The van der Waals surface area contributed by atoms with Gasteiger partial charge >= 0.3 is 0 Å². The van der Waals surface area contributed by atoms with Crippen LogP contribution < -0.4 is 5.32 Å². The number of rotatable bonds is 8. The van der Waals surface area contributed by atoms with E-state index in [2.05, 4.69) is 24.3 Å². The van der Waals surface area contributed by atoms with Crippen molar-refractivity contribution in [1.29, 1.82) is 0 Å². The van der Waals surface area contributed by atoms with Gasteiger partial charge in [-0.3, -0.25) is 9.48 Å². The van der Waals surface area contributed by atoms with Crippen LogP contribution in [-0.4, -0.2) is 33.4 Å². The lowest BCUT2D eigenvalue weighted by atomic mass is 10.0. The number of aliphatic hydroxyl groups is 1. The molecule has 1 amide bonds. The largest absolute Gasteiger partial charge is 0.394 e. The van der Waals surface area contributed by atoms with E-state index in [1.165, 1.54) is 5.56 Å². The van der Waals surface area contributed by atoms with Crippen LogP contribution in [0.15, 0.2) is 24.3 Å². The van der Waals surface area contributed by atoms with E-state index in [4.69, 9.17) is 0 Å². The smallest absolute Gasteiger partial charge is 0.224 e. The summed E-state index contributed by atoms with van der Waals surface area (Å²) in [6, 6.07) is 7.78. The molecule has 1 aromatic heterocycles. The van der Waals surface area contributed by atoms with Crippen molar-refractivity contribution >= 4 is 5.91 Å². The number of hydrogen-bond acceptors (Lipinski definition) is 3. The third kappa shape index (κ3) is 4.69. The summed E-state index contributed by atoms with van der Waals surface area (Å²) in [5.74, 6) is -0.0648. The van der Waals surface area contributed by atoms with Crippen LogP contribution in [0.2, 0.25) is 0 Å². The number of benzene rings is 1. The van der Waals surface area contributed by atoms with E-state index in [9.17, 15) is 9.90 Å². The van der Waals surface area contributed by atoms with E-state index in [1.54, 1.807) is 0 Å². The highest BCUT2D eigenvalue weighted by Crippen LogP contribution is 2.16. The van der Waals surface area contributed by atoms with Gasteiger partial charge < -0.3 is 10.4 Å². The summed E-state index contributed by atoms with van der Waals surface area (Å²) in [7, 11) is 1.92. The molecule has 0 aliphatic heterocycles. The molecule has 5 heteroatoms. The Balaban J connectivity index is 2.07. The molecule has 0 aliphatic rings. The number of nitrogens with one attached hydrogen (secondary N) is 1. The second-order valence-electron chi connectivity index (χ2n) is 6.46. The average Bonchev–Trinajstić information content (AvgIpc) is 2.90. The first kappa shape index (κ1) is 19.2. The van der Waals surface area contributed by atoms with Crippen LogP contribution in [0.25, 0.3) is 0 Å². The molecule has 1 atom stereocenters. The number of carbonyl (C=O) groups is 1. The Labute approximate surface area is 150 Å². The van der Waals surface area contributed by atoms with E-state index in [1.807, 2.05) is 42.9 Å². The first-order valence-corrected chi connectivity index (χ1v) is 8.98. The Bertz CT molecular complexity index is 722. The summed E-state index contributed by atoms with van der Waals surface area (Å²) in [5.41, 5.74) is 5.42. The standard InChI is InChI=1S/C20H29N3O2/c1-5-18-17(19(6-2)23(4)22-18)12-20(25)21-16(13-24)11-15-10-8-7-9-14(15)3/h7-10,16,24H,5-6,11-13H2,1-4H3,(H,21,25)/t16-/m0/s1. The van der Waals surface area contributed by atoms with Crippen LogP contribution in [0.3, 0.4) is 0 Å². The Morgan fingerprint density at radius 2 is 2.00 bits per heavy atom. The number of aliphatic hydroxyl groups excluding tert-OH is 1. The summed E-state index contributed by atoms with van der Waals surface area (Å²) in [6.07, 6.45) is 2.59. The summed E-state index contributed by atoms with van der Waals surface area (Å²) in [6.45, 7) is 6.10. The van der Waals surface area contributed by atoms with Gasteiger partial charge in [-0.2, -0.15) is 5.10 Å². The van der Waals surface area contributed by atoms with Crippen molar-refractivity contribution in [2.75, 3.05) is 6.61 Å². The van der Waals surface area contributed by atoms with Crippen molar-refractivity contribution < 1.29 is 9.90 Å². The highest BCUT2D eigenvalue weighted by atomic mass is 16.3. The lowest BCUT2D eigenvalue weighted by molar-refractivity contribution is -0.121. The second kappa shape index (κ2) is 8.81. The molecule has 0 saturated carbocycles. The molecule has 2 aromatic rings. The normalized spacial score (nSPS) is 12.2. The minimum atomic E-state index is -0.277. The number of amides is 1. The molecule has 0 unspecified atom stereocenters. The molecule has 0 radical (unpaired) electrons. The second-order valence-corrected chi connectivity index (χ2v) is 6.46. The SMILES string of the molecule is CCc1nn(C)c(CC)c1CC(=O)N[C@H](CO)Cc1ccccc1C. The first-order chi connectivity index (χ1) is 12.0. The predicted octanol–water partition coefficient (Wildman–Crippen LogP) is 2.12. The molecule has 2 rings (SSSR count). The topological polar surface area (TPSA) is 67.2 Å². The molecule has 0 spiro atoms. The zero-order valence-corrected chi connectivity index (χ0v) is 15.7. The van der Waals surface area contributed by atoms with E-state index >= 15 is 0 Å². The van der Waals surface area contributed by atoms with Gasteiger partial charge in [0.1, 0.15) is 0 Å². The van der Waals surface area contributed by atoms with Gasteiger partial charge in [-0.1, -0.05) is 38.1 Å². The number of nitrogens with zero attached hydrogens (tertiary/aromatic N) is 2. The van der Waals surface area contributed by atoms with Gasteiger partial charge in [0.25, 0.3) is 0 Å². The molecule has 0 bridgehead atoms. The maximum Gasteiger partial charge on any atom is 0.224 e. The number of hydrogen-bond donors (Lipinski definition) is 2. The van der Waals surface area contributed by atoms with E-state index in [-0.39, 0.29) is 18.6 Å². The molecular weight excluding hydrogens is 314 g/mol. The average molecular weight is 343 g/mol. The molecule has 2 N–H and O–H groups in total. The molecule has 1 aromatic carbocycles. The van der Waals surface area contributed by atoms with Gasteiger partial charge in [0, 0.05) is 18.3 Å². The summed E-state index contributed by atoms with van der Waals surface area (Å²) in [5, 5.41) is 17.2. The third-order valence-corrected chi connectivity index (χ3v) is 4.68. The number of aryl methyl sites for hydroxylation is 3. The molecule has 136 valence electrons. The zero-order valence-electron chi connectivity index (χ0n) is 15.7.